The second-order valence-corrected chi connectivity index (χ2v) is 4.07. The highest BCUT2D eigenvalue weighted by Gasteiger charge is 2.21. The van der Waals surface area contributed by atoms with E-state index in [-0.39, 0.29) is 5.56 Å². The maximum atomic E-state index is 12.9. The molecule has 0 saturated carbocycles. The summed E-state index contributed by atoms with van der Waals surface area (Å²) >= 11 is 0. The first-order valence-corrected chi connectivity index (χ1v) is 5.56. The van der Waals surface area contributed by atoms with Crippen molar-refractivity contribution in [3.05, 3.63) is 23.3 Å². The number of nitrogens with two attached hydrogens (primary N) is 1. The molecule has 1 atom stereocenters. The van der Waals surface area contributed by atoms with Gasteiger partial charge in [0, 0.05) is 18.0 Å². The highest BCUT2D eigenvalue weighted by molar-refractivity contribution is 5.49. The summed E-state index contributed by atoms with van der Waals surface area (Å²) in [6.07, 6.45) is -1.82. The number of rotatable bonds is 2. The first-order chi connectivity index (χ1) is 8.09. The van der Waals surface area contributed by atoms with Crippen molar-refractivity contribution < 1.29 is 18.3 Å². The molecule has 1 aliphatic rings. The largest absolute Gasteiger partial charge is 0.490 e. The Labute approximate surface area is 98.5 Å². The molecule has 5 heteroatoms. The maximum absolute atomic E-state index is 12.9. The standard InChI is InChI=1S/C12H15F2NO2/c1-7(15)8-5-10-11(6-9(8)12(13)14)17-4-2-3-16-10/h5-7,12H,2-4,15H2,1H3. The van der Waals surface area contributed by atoms with Gasteiger partial charge in [0.15, 0.2) is 11.5 Å². The lowest BCUT2D eigenvalue weighted by atomic mass is 10.0. The quantitative estimate of drug-likeness (QED) is 0.868. The number of hydrogen-bond donors (Lipinski definition) is 1. The molecule has 0 saturated heterocycles. The highest BCUT2D eigenvalue weighted by atomic mass is 19.3. The van der Waals surface area contributed by atoms with Crippen LogP contribution in [0.5, 0.6) is 11.5 Å². The fraction of sp³-hybridized carbons (Fsp3) is 0.500. The van der Waals surface area contributed by atoms with Crippen LogP contribution in [-0.4, -0.2) is 13.2 Å². The molecule has 2 N–H and O–H groups in total. The molecule has 1 unspecified atom stereocenters. The molecule has 17 heavy (non-hydrogen) atoms. The molecule has 0 radical (unpaired) electrons. The SMILES string of the molecule is CC(N)c1cc2c(cc1C(F)F)OCCCO2. The Kier molecular flexibility index (Phi) is 3.47. The van der Waals surface area contributed by atoms with E-state index in [1.54, 1.807) is 13.0 Å². The van der Waals surface area contributed by atoms with Crippen molar-refractivity contribution in [2.24, 2.45) is 5.73 Å². The minimum atomic E-state index is -2.56. The second kappa shape index (κ2) is 4.87. The summed E-state index contributed by atoms with van der Waals surface area (Å²) in [4.78, 5) is 0. The maximum Gasteiger partial charge on any atom is 0.264 e. The molecule has 0 aromatic heterocycles. The van der Waals surface area contributed by atoms with Crippen LogP contribution in [0.25, 0.3) is 0 Å². The van der Waals surface area contributed by atoms with Crippen molar-refractivity contribution in [3.63, 3.8) is 0 Å². The average Bonchev–Trinajstić information content (AvgIpc) is 2.51. The van der Waals surface area contributed by atoms with Gasteiger partial charge < -0.3 is 15.2 Å². The topological polar surface area (TPSA) is 44.5 Å². The number of ether oxygens (including phenoxy) is 2. The zero-order valence-electron chi connectivity index (χ0n) is 9.58. The molecule has 1 aromatic rings. The fourth-order valence-electron chi connectivity index (χ4n) is 1.82. The number of halogens is 2. The van der Waals surface area contributed by atoms with Gasteiger partial charge in [0.25, 0.3) is 6.43 Å². The van der Waals surface area contributed by atoms with Crippen molar-refractivity contribution >= 4 is 0 Å². The van der Waals surface area contributed by atoms with Crippen LogP contribution in [0.15, 0.2) is 12.1 Å². The first-order valence-electron chi connectivity index (χ1n) is 5.56. The molecular weight excluding hydrogens is 228 g/mol. The molecule has 0 aliphatic carbocycles. The van der Waals surface area contributed by atoms with Gasteiger partial charge >= 0.3 is 0 Å². The van der Waals surface area contributed by atoms with E-state index in [9.17, 15) is 8.78 Å². The summed E-state index contributed by atoms with van der Waals surface area (Å²) in [7, 11) is 0. The lowest BCUT2D eigenvalue weighted by Gasteiger charge is -2.16. The molecule has 1 heterocycles. The third-order valence-electron chi connectivity index (χ3n) is 2.68. The second-order valence-electron chi connectivity index (χ2n) is 4.07. The van der Waals surface area contributed by atoms with E-state index < -0.39 is 12.5 Å². The van der Waals surface area contributed by atoms with Crippen molar-refractivity contribution in [1.82, 2.24) is 0 Å². The van der Waals surface area contributed by atoms with Crippen LogP contribution in [0.4, 0.5) is 8.78 Å². The van der Waals surface area contributed by atoms with Gasteiger partial charge in [-0.1, -0.05) is 0 Å². The zero-order chi connectivity index (χ0) is 12.4. The molecule has 0 spiro atoms. The summed E-state index contributed by atoms with van der Waals surface area (Å²) < 4.78 is 36.6. The van der Waals surface area contributed by atoms with E-state index in [0.717, 1.165) is 6.42 Å². The van der Waals surface area contributed by atoms with Crippen molar-refractivity contribution in [2.45, 2.75) is 25.8 Å². The van der Waals surface area contributed by atoms with Gasteiger partial charge in [0.1, 0.15) is 0 Å². The van der Waals surface area contributed by atoms with E-state index in [4.69, 9.17) is 15.2 Å². The lowest BCUT2D eigenvalue weighted by molar-refractivity contribution is 0.149. The van der Waals surface area contributed by atoms with Crippen molar-refractivity contribution in [3.8, 4) is 11.5 Å². The molecule has 0 fully saturated rings. The van der Waals surface area contributed by atoms with Gasteiger partial charge in [-0.2, -0.15) is 0 Å². The average molecular weight is 243 g/mol. The normalized spacial score (nSPS) is 16.8. The van der Waals surface area contributed by atoms with E-state index >= 15 is 0 Å². The Morgan fingerprint density at radius 1 is 1.12 bits per heavy atom. The zero-order valence-corrected chi connectivity index (χ0v) is 9.58. The third kappa shape index (κ3) is 2.49. The van der Waals surface area contributed by atoms with Crippen LogP contribution in [-0.2, 0) is 0 Å². The van der Waals surface area contributed by atoms with Crippen LogP contribution >= 0.6 is 0 Å². The fourth-order valence-corrected chi connectivity index (χ4v) is 1.82. The van der Waals surface area contributed by atoms with Crippen molar-refractivity contribution in [2.75, 3.05) is 13.2 Å². The molecule has 2 rings (SSSR count). The van der Waals surface area contributed by atoms with Gasteiger partial charge in [-0.15, -0.1) is 0 Å². The Morgan fingerprint density at radius 3 is 2.12 bits per heavy atom. The number of fused-ring (bicyclic) bond motifs is 1. The number of hydrogen-bond acceptors (Lipinski definition) is 3. The lowest BCUT2D eigenvalue weighted by Crippen LogP contribution is -2.09. The predicted molar refractivity (Wildman–Crippen MR) is 59.6 cm³/mol. The number of alkyl halides is 2. The summed E-state index contributed by atoms with van der Waals surface area (Å²) in [6, 6.07) is 2.44. The molecule has 1 aromatic carbocycles. The molecule has 0 amide bonds. The van der Waals surface area contributed by atoms with Gasteiger partial charge in [-0.05, 0) is 24.6 Å². The summed E-state index contributed by atoms with van der Waals surface area (Å²) in [5, 5.41) is 0. The summed E-state index contributed by atoms with van der Waals surface area (Å²) in [5.74, 6) is 0.876. The predicted octanol–water partition coefficient (Wildman–Crippen LogP) is 2.81. The Hall–Kier alpha value is -1.36. The summed E-state index contributed by atoms with van der Waals surface area (Å²) in [5.41, 5.74) is 6.02. The van der Waals surface area contributed by atoms with Crippen LogP contribution in [0.3, 0.4) is 0 Å². The van der Waals surface area contributed by atoms with Crippen molar-refractivity contribution in [1.29, 1.82) is 0 Å². The van der Waals surface area contributed by atoms with Gasteiger partial charge in [0.05, 0.1) is 13.2 Å². The minimum absolute atomic E-state index is 0.0794. The van der Waals surface area contributed by atoms with Gasteiger partial charge in [-0.3, -0.25) is 0 Å². The Morgan fingerprint density at radius 2 is 1.65 bits per heavy atom. The van der Waals surface area contributed by atoms with E-state index in [2.05, 4.69) is 0 Å². The minimum Gasteiger partial charge on any atom is -0.490 e. The highest BCUT2D eigenvalue weighted by Crippen LogP contribution is 2.38. The number of benzene rings is 1. The van der Waals surface area contributed by atoms with E-state index in [1.165, 1.54) is 6.07 Å². The van der Waals surface area contributed by atoms with Gasteiger partial charge in [-0.25, -0.2) is 8.78 Å². The van der Waals surface area contributed by atoms with Crippen LogP contribution < -0.4 is 15.2 Å². The first kappa shape index (κ1) is 12.1. The monoisotopic (exact) mass is 243 g/mol. The van der Waals surface area contributed by atoms with Gasteiger partial charge in [0.2, 0.25) is 0 Å². The smallest absolute Gasteiger partial charge is 0.264 e. The Bertz CT molecular complexity index is 371. The molecular formula is C12H15F2NO2. The van der Waals surface area contributed by atoms with Crippen LogP contribution in [0, 0.1) is 0 Å². The molecule has 0 bridgehead atoms. The van der Waals surface area contributed by atoms with Crippen LogP contribution in [0.2, 0.25) is 0 Å². The van der Waals surface area contributed by atoms with E-state index in [1.807, 2.05) is 0 Å². The molecule has 1 aliphatic heterocycles. The summed E-state index contributed by atoms with van der Waals surface area (Å²) in [6.45, 7) is 2.68. The third-order valence-corrected chi connectivity index (χ3v) is 2.68. The van der Waals surface area contributed by atoms with Crippen LogP contribution in [0.1, 0.15) is 36.9 Å². The molecule has 3 nitrogen and oxygen atoms in total. The Balaban J connectivity index is 2.48. The molecule has 94 valence electrons. The van der Waals surface area contributed by atoms with E-state index in [0.29, 0.717) is 30.3 Å².